The molecule has 1 heterocycles. The fraction of sp³-hybridized carbons (Fsp3) is 0.750. The molecule has 2 rings (SSSR count). The van der Waals surface area contributed by atoms with Crippen LogP contribution in [-0.4, -0.2) is 21.7 Å². The zero-order valence-electron chi connectivity index (χ0n) is 13.4. The number of nitrogens with one attached hydrogen (secondary N) is 1. The third-order valence-corrected chi connectivity index (χ3v) is 4.67. The summed E-state index contributed by atoms with van der Waals surface area (Å²) < 4.78 is 1.75. The standard InChI is InChI=1S/C16H27N3O/c1-11-12(10-17-19(11)5)15(20)18-14-9-7-6-8-13(14)16(2,3)4/h10,13-14H,6-9H2,1-5H3,(H,18,20)/t13-,14+/m1/s1. The molecule has 4 heteroatoms. The van der Waals surface area contributed by atoms with Crippen LogP contribution in [0.15, 0.2) is 6.20 Å². The number of carbonyl (C=O) groups excluding carboxylic acids is 1. The van der Waals surface area contributed by atoms with Crippen molar-refractivity contribution in [2.45, 2.75) is 59.4 Å². The summed E-state index contributed by atoms with van der Waals surface area (Å²) in [5.74, 6) is 0.578. The molecule has 0 spiro atoms. The molecular weight excluding hydrogens is 250 g/mol. The first-order valence-corrected chi connectivity index (χ1v) is 7.60. The normalized spacial score (nSPS) is 23.6. The average molecular weight is 277 g/mol. The number of rotatable bonds is 2. The van der Waals surface area contributed by atoms with Crippen LogP contribution in [0.3, 0.4) is 0 Å². The van der Waals surface area contributed by atoms with E-state index in [-0.39, 0.29) is 17.4 Å². The molecule has 1 amide bonds. The lowest BCUT2D eigenvalue weighted by atomic mass is 9.69. The highest BCUT2D eigenvalue weighted by Crippen LogP contribution is 2.38. The Bertz CT molecular complexity index is 484. The second kappa shape index (κ2) is 5.58. The molecule has 0 radical (unpaired) electrons. The summed E-state index contributed by atoms with van der Waals surface area (Å²) in [6, 6.07) is 0.288. The Hall–Kier alpha value is -1.32. The molecule has 1 aliphatic rings. The highest BCUT2D eigenvalue weighted by Gasteiger charge is 2.35. The molecule has 20 heavy (non-hydrogen) atoms. The quantitative estimate of drug-likeness (QED) is 0.903. The van der Waals surface area contributed by atoms with Crippen LogP contribution < -0.4 is 5.32 Å². The highest BCUT2D eigenvalue weighted by atomic mass is 16.1. The molecule has 1 aliphatic carbocycles. The molecule has 0 aromatic carbocycles. The van der Waals surface area contributed by atoms with Crippen molar-refractivity contribution >= 4 is 5.91 Å². The monoisotopic (exact) mass is 277 g/mol. The number of amides is 1. The molecule has 4 nitrogen and oxygen atoms in total. The summed E-state index contributed by atoms with van der Waals surface area (Å²) in [4.78, 5) is 12.5. The number of hydrogen-bond acceptors (Lipinski definition) is 2. The minimum Gasteiger partial charge on any atom is -0.349 e. The van der Waals surface area contributed by atoms with E-state index in [0.29, 0.717) is 11.5 Å². The molecule has 2 atom stereocenters. The van der Waals surface area contributed by atoms with E-state index in [9.17, 15) is 4.79 Å². The number of nitrogens with zero attached hydrogens (tertiary/aromatic N) is 2. The van der Waals surface area contributed by atoms with Crippen molar-refractivity contribution in [3.8, 4) is 0 Å². The average Bonchev–Trinajstić information content (AvgIpc) is 2.69. The maximum atomic E-state index is 12.5. The van der Waals surface area contributed by atoms with E-state index < -0.39 is 0 Å². The maximum absolute atomic E-state index is 12.5. The molecule has 112 valence electrons. The fourth-order valence-electron chi connectivity index (χ4n) is 3.31. The van der Waals surface area contributed by atoms with Gasteiger partial charge in [-0.1, -0.05) is 33.6 Å². The summed E-state index contributed by atoms with van der Waals surface area (Å²) in [5.41, 5.74) is 1.86. The van der Waals surface area contributed by atoms with Gasteiger partial charge < -0.3 is 5.32 Å². The number of hydrogen-bond donors (Lipinski definition) is 1. The molecule has 1 saturated carbocycles. The molecule has 1 fully saturated rings. The van der Waals surface area contributed by atoms with Crippen molar-refractivity contribution in [3.63, 3.8) is 0 Å². The van der Waals surface area contributed by atoms with Crippen molar-refractivity contribution in [1.82, 2.24) is 15.1 Å². The van der Waals surface area contributed by atoms with Gasteiger partial charge in [0.1, 0.15) is 0 Å². The second-order valence-electron chi connectivity index (χ2n) is 7.10. The molecule has 0 unspecified atom stereocenters. The first-order valence-electron chi connectivity index (χ1n) is 7.60. The minimum absolute atomic E-state index is 0.0248. The van der Waals surface area contributed by atoms with Crippen LogP contribution in [0.4, 0.5) is 0 Å². The van der Waals surface area contributed by atoms with Crippen LogP contribution in [0.25, 0.3) is 0 Å². The maximum Gasteiger partial charge on any atom is 0.254 e. The third kappa shape index (κ3) is 3.05. The second-order valence-corrected chi connectivity index (χ2v) is 7.10. The van der Waals surface area contributed by atoms with Gasteiger partial charge in [-0.05, 0) is 31.1 Å². The topological polar surface area (TPSA) is 46.9 Å². The Morgan fingerprint density at radius 2 is 2.00 bits per heavy atom. The number of aromatic nitrogens is 2. The highest BCUT2D eigenvalue weighted by molar-refractivity contribution is 5.95. The summed E-state index contributed by atoms with van der Waals surface area (Å²) in [6.07, 6.45) is 6.46. The van der Waals surface area contributed by atoms with E-state index >= 15 is 0 Å². The molecule has 1 N–H and O–H groups in total. The van der Waals surface area contributed by atoms with E-state index in [4.69, 9.17) is 0 Å². The van der Waals surface area contributed by atoms with E-state index in [1.165, 1.54) is 19.3 Å². The molecule has 1 aromatic heterocycles. The Kier molecular flexibility index (Phi) is 4.21. The van der Waals surface area contributed by atoms with Crippen LogP contribution in [-0.2, 0) is 7.05 Å². The molecule has 1 aromatic rings. The Morgan fingerprint density at radius 1 is 1.35 bits per heavy atom. The molecule has 0 saturated heterocycles. The van der Waals surface area contributed by atoms with Crippen molar-refractivity contribution in [3.05, 3.63) is 17.5 Å². The van der Waals surface area contributed by atoms with Gasteiger partial charge in [-0.2, -0.15) is 5.10 Å². The lowest BCUT2D eigenvalue weighted by Gasteiger charge is -2.40. The summed E-state index contributed by atoms with van der Waals surface area (Å²) in [5, 5.41) is 7.41. The number of aryl methyl sites for hydroxylation is 1. The van der Waals surface area contributed by atoms with E-state index in [1.807, 2.05) is 14.0 Å². The van der Waals surface area contributed by atoms with Crippen LogP contribution in [0.5, 0.6) is 0 Å². The number of carbonyl (C=O) groups is 1. The third-order valence-electron chi connectivity index (χ3n) is 4.67. The largest absolute Gasteiger partial charge is 0.349 e. The molecular formula is C16H27N3O. The first-order chi connectivity index (χ1) is 9.30. The Labute approximate surface area is 121 Å². The van der Waals surface area contributed by atoms with Gasteiger partial charge in [0, 0.05) is 18.8 Å². The van der Waals surface area contributed by atoms with Gasteiger partial charge >= 0.3 is 0 Å². The predicted molar refractivity (Wildman–Crippen MR) is 80.6 cm³/mol. The van der Waals surface area contributed by atoms with Crippen LogP contribution in [0, 0.1) is 18.3 Å². The predicted octanol–water partition coefficient (Wildman–Crippen LogP) is 3.06. The van der Waals surface area contributed by atoms with Gasteiger partial charge in [0.2, 0.25) is 0 Å². The smallest absolute Gasteiger partial charge is 0.254 e. The molecule has 0 bridgehead atoms. The zero-order chi connectivity index (χ0) is 14.9. The fourth-order valence-corrected chi connectivity index (χ4v) is 3.31. The van der Waals surface area contributed by atoms with E-state index in [2.05, 4.69) is 31.2 Å². The van der Waals surface area contributed by atoms with E-state index in [0.717, 1.165) is 12.1 Å². The zero-order valence-corrected chi connectivity index (χ0v) is 13.4. The van der Waals surface area contributed by atoms with Crippen molar-refractivity contribution in [2.75, 3.05) is 0 Å². The van der Waals surface area contributed by atoms with E-state index in [1.54, 1.807) is 10.9 Å². The van der Waals surface area contributed by atoms with Gasteiger partial charge in [-0.15, -0.1) is 0 Å². The Balaban J connectivity index is 2.11. The first kappa shape index (κ1) is 15.1. The minimum atomic E-state index is 0.0248. The van der Waals surface area contributed by atoms with Crippen LogP contribution >= 0.6 is 0 Å². The van der Waals surface area contributed by atoms with Crippen molar-refractivity contribution in [2.24, 2.45) is 18.4 Å². The summed E-state index contributed by atoms with van der Waals surface area (Å²) >= 11 is 0. The van der Waals surface area contributed by atoms with Gasteiger partial charge in [0.15, 0.2) is 0 Å². The van der Waals surface area contributed by atoms with Crippen LogP contribution in [0.1, 0.15) is 62.5 Å². The summed E-state index contributed by atoms with van der Waals surface area (Å²) in [7, 11) is 1.87. The lowest BCUT2D eigenvalue weighted by molar-refractivity contribution is 0.0829. The lowest BCUT2D eigenvalue weighted by Crippen LogP contribution is -2.46. The van der Waals surface area contributed by atoms with Crippen molar-refractivity contribution < 1.29 is 4.79 Å². The summed E-state index contributed by atoms with van der Waals surface area (Å²) in [6.45, 7) is 8.76. The van der Waals surface area contributed by atoms with Gasteiger partial charge in [0.25, 0.3) is 5.91 Å². The van der Waals surface area contributed by atoms with Crippen LogP contribution in [0.2, 0.25) is 0 Å². The van der Waals surface area contributed by atoms with Gasteiger partial charge in [0.05, 0.1) is 11.8 Å². The van der Waals surface area contributed by atoms with Gasteiger partial charge in [-0.25, -0.2) is 0 Å². The van der Waals surface area contributed by atoms with Crippen molar-refractivity contribution in [1.29, 1.82) is 0 Å². The Morgan fingerprint density at radius 3 is 2.55 bits per heavy atom. The van der Waals surface area contributed by atoms with Gasteiger partial charge in [-0.3, -0.25) is 9.48 Å². The molecule has 0 aliphatic heterocycles. The SMILES string of the molecule is Cc1c(C(=O)N[C@H]2CCCC[C@H]2C(C)(C)C)cnn1C.